The first-order valence-electron chi connectivity index (χ1n) is 15.5. The Kier molecular flexibility index (Phi) is 10.6. The van der Waals surface area contributed by atoms with E-state index in [0.717, 1.165) is 13.0 Å². The van der Waals surface area contributed by atoms with E-state index in [9.17, 15) is 0 Å². The van der Waals surface area contributed by atoms with Gasteiger partial charge in [-0.1, -0.05) is 112 Å². The molecule has 218 valence electrons. The van der Waals surface area contributed by atoms with E-state index >= 15 is 0 Å². The summed E-state index contributed by atoms with van der Waals surface area (Å²) in [6, 6.07) is 6.88. The van der Waals surface area contributed by atoms with Crippen LogP contribution in [0, 0.1) is 22.7 Å². The summed E-state index contributed by atoms with van der Waals surface area (Å²) in [7, 11) is 0. The highest BCUT2D eigenvalue weighted by Crippen LogP contribution is 2.50. The molecular weight excluding hydrogens is 484 g/mol. The van der Waals surface area contributed by atoms with Gasteiger partial charge >= 0.3 is 0 Å². The number of hydrogen-bond donors (Lipinski definition) is 2. The van der Waals surface area contributed by atoms with E-state index in [1.807, 2.05) is 6.20 Å². The molecule has 2 heteroatoms. The standard InChI is InChI=1S/C38H56N2/c1-11-36(5,6)35-27-31(18-19-32(35)28(2)3)40-25-14-24-39-26-21-34-33(37(7,8)22-23-38(34,9)10)20-17-30-16-13-12-15-29(30)4/h12-21,24,26-30,39-40H,11,22-23,25H2,1-10H3/b20-17+,24-14+,26-21+. The zero-order valence-corrected chi connectivity index (χ0v) is 27.1. The summed E-state index contributed by atoms with van der Waals surface area (Å²) in [5.74, 6) is 1.53. The molecule has 0 amide bonds. The van der Waals surface area contributed by atoms with E-state index in [0.29, 0.717) is 17.8 Å². The van der Waals surface area contributed by atoms with E-state index in [4.69, 9.17) is 0 Å². The van der Waals surface area contributed by atoms with Crippen molar-refractivity contribution in [1.82, 2.24) is 5.32 Å². The van der Waals surface area contributed by atoms with E-state index in [2.05, 4.69) is 153 Å². The molecule has 2 aliphatic rings. The van der Waals surface area contributed by atoms with Crippen molar-refractivity contribution in [3.63, 3.8) is 0 Å². The van der Waals surface area contributed by atoms with Crippen molar-refractivity contribution in [2.24, 2.45) is 22.7 Å². The Bertz CT molecular complexity index is 1180. The van der Waals surface area contributed by atoms with Crippen LogP contribution in [0.25, 0.3) is 0 Å². The Morgan fingerprint density at radius 2 is 1.60 bits per heavy atom. The maximum absolute atomic E-state index is 3.59. The highest BCUT2D eigenvalue weighted by atomic mass is 14.9. The molecule has 2 atom stereocenters. The molecule has 1 aromatic rings. The summed E-state index contributed by atoms with van der Waals surface area (Å²) < 4.78 is 0. The zero-order chi connectivity index (χ0) is 29.6. The molecule has 0 heterocycles. The molecule has 2 nitrogen and oxygen atoms in total. The first-order chi connectivity index (χ1) is 18.8. The van der Waals surface area contributed by atoms with Crippen LogP contribution in [0.3, 0.4) is 0 Å². The van der Waals surface area contributed by atoms with Gasteiger partial charge in [0.05, 0.1) is 0 Å². The van der Waals surface area contributed by atoms with Gasteiger partial charge in [0.2, 0.25) is 0 Å². The molecule has 0 fully saturated rings. The van der Waals surface area contributed by atoms with Gasteiger partial charge in [0.25, 0.3) is 0 Å². The van der Waals surface area contributed by atoms with Gasteiger partial charge in [-0.3, -0.25) is 0 Å². The third kappa shape index (κ3) is 7.93. The maximum Gasteiger partial charge on any atom is 0.0347 e. The molecule has 0 spiro atoms. The van der Waals surface area contributed by atoms with Crippen molar-refractivity contribution in [2.45, 2.75) is 99.8 Å². The first-order valence-corrected chi connectivity index (χ1v) is 15.5. The molecule has 3 rings (SSSR count). The van der Waals surface area contributed by atoms with Crippen LogP contribution in [-0.4, -0.2) is 6.54 Å². The van der Waals surface area contributed by atoms with Crippen molar-refractivity contribution in [1.29, 1.82) is 0 Å². The highest BCUT2D eigenvalue weighted by Gasteiger charge is 2.37. The van der Waals surface area contributed by atoms with Gasteiger partial charge in [-0.25, -0.2) is 0 Å². The van der Waals surface area contributed by atoms with Gasteiger partial charge in [-0.05, 0) is 100 Å². The summed E-state index contributed by atoms with van der Waals surface area (Å²) in [5, 5.41) is 7.00. The van der Waals surface area contributed by atoms with Gasteiger partial charge in [0, 0.05) is 24.4 Å². The zero-order valence-electron chi connectivity index (χ0n) is 27.1. The predicted octanol–water partition coefficient (Wildman–Crippen LogP) is 10.6. The van der Waals surface area contributed by atoms with Crippen molar-refractivity contribution in [3.8, 4) is 0 Å². The van der Waals surface area contributed by atoms with Crippen molar-refractivity contribution in [2.75, 3.05) is 11.9 Å². The first kappa shape index (κ1) is 31.8. The molecule has 0 bridgehead atoms. The lowest BCUT2D eigenvalue weighted by Crippen LogP contribution is -2.30. The average Bonchev–Trinajstić information content (AvgIpc) is 2.90. The minimum atomic E-state index is 0.151. The van der Waals surface area contributed by atoms with Gasteiger partial charge in [0.1, 0.15) is 0 Å². The van der Waals surface area contributed by atoms with Crippen LogP contribution in [0.4, 0.5) is 5.69 Å². The van der Waals surface area contributed by atoms with Crippen LogP contribution < -0.4 is 10.6 Å². The molecule has 2 unspecified atom stereocenters. The van der Waals surface area contributed by atoms with Gasteiger partial charge in [0.15, 0.2) is 0 Å². The van der Waals surface area contributed by atoms with Crippen LogP contribution >= 0.6 is 0 Å². The number of nitrogens with one attached hydrogen (secondary N) is 2. The Morgan fingerprint density at radius 3 is 2.23 bits per heavy atom. The third-order valence-electron chi connectivity index (χ3n) is 9.35. The van der Waals surface area contributed by atoms with Gasteiger partial charge < -0.3 is 10.6 Å². The van der Waals surface area contributed by atoms with Crippen LogP contribution in [0.2, 0.25) is 0 Å². The normalized spacial score (nSPS) is 22.8. The molecule has 0 aromatic heterocycles. The second-order valence-electron chi connectivity index (χ2n) is 14.1. The van der Waals surface area contributed by atoms with Crippen LogP contribution in [0.1, 0.15) is 106 Å². The molecule has 2 N–H and O–H groups in total. The number of rotatable bonds is 11. The fraction of sp³-hybridized carbons (Fsp3) is 0.526. The van der Waals surface area contributed by atoms with Crippen LogP contribution in [0.15, 0.2) is 90.4 Å². The lowest BCUT2D eigenvalue weighted by Gasteiger charge is -2.42. The second-order valence-corrected chi connectivity index (χ2v) is 14.1. The Hall–Kier alpha value is -2.74. The molecule has 0 saturated carbocycles. The monoisotopic (exact) mass is 540 g/mol. The van der Waals surface area contributed by atoms with Crippen LogP contribution in [0.5, 0.6) is 0 Å². The lowest BCUT2D eigenvalue weighted by molar-refractivity contribution is 0.273. The molecule has 1 aromatic carbocycles. The SMILES string of the molecule is CCC(C)(C)c1cc(NC/C=C/N/C=C/C2=C(/C=C/C3C=CC=CC3C)C(C)(C)CCC2(C)C)ccc1C(C)C. The highest BCUT2D eigenvalue weighted by molar-refractivity contribution is 5.52. The maximum atomic E-state index is 3.59. The topological polar surface area (TPSA) is 24.1 Å². The van der Waals surface area contributed by atoms with Crippen molar-refractivity contribution >= 4 is 5.69 Å². The Balaban J connectivity index is 1.69. The predicted molar refractivity (Wildman–Crippen MR) is 178 cm³/mol. The summed E-state index contributed by atoms with van der Waals surface area (Å²) in [6.07, 6.45) is 25.9. The van der Waals surface area contributed by atoms with E-state index in [1.165, 1.54) is 40.8 Å². The van der Waals surface area contributed by atoms with E-state index in [-0.39, 0.29) is 16.2 Å². The average molecular weight is 541 g/mol. The fourth-order valence-corrected chi connectivity index (χ4v) is 5.87. The molecule has 0 radical (unpaired) electrons. The van der Waals surface area contributed by atoms with Gasteiger partial charge in [-0.2, -0.15) is 0 Å². The number of allylic oxidation sites excluding steroid dienone is 9. The summed E-state index contributed by atoms with van der Waals surface area (Å²) in [4.78, 5) is 0. The summed E-state index contributed by atoms with van der Waals surface area (Å²) >= 11 is 0. The molecule has 2 aliphatic carbocycles. The van der Waals surface area contributed by atoms with Crippen LogP contribution in [-0.2, 0) is 5.41 Å². The Morgan fingerprint density at radius 1 is 0.950 bits per heavy atom. The Labute approximate surface area is 246 Å². The van der Waals surface area contributed by atoms with E-state index in [1.54, 1.807) is 0 Å². The molecule has 40 heavy (non-hydrogen) atoms. The number of hydrogen-bond acceptors (Lipinski definition) is 2. The summed E-state index contributed by atoms with van der Waals surface area (Å²) in [5.41, 5.74) is 7.51. The minimum absolute atomic E-state index is 0.151. The largest absolute Gasteiger partial charge is 0.381 e. The number of anilines is 1. The fourth-order valence-electron chi connectivity index (χ4n) is 5.87. The minimum Gasteiger partial charge on any atom is -0.381 e. The number of benzene rings is 1. The third-order valence-corrected chi connectivity index (χ3v) is 9.35. The molecular formula is C38H56N2. The van der Waals surface area contributed by atoms with Crippen molar-refractivity contribution < 1.29 is 0 Å². The molecule has 0 saturated heterocycles. The quantitative estimate of drug-likeness (QED) is 0.292. The van der Waals surface area contributed by atoms with Gasteiger partial charge in [-0.15, -0.1) is 0 Å². The summed E-state index contributed by atoms with van der Waals surface area (Å²) in [6.45, 7) is 24.2. The molecule has 0 aliphatic heterocycles. The smallest absolute Gasteiger partial charge is 0.0347 e. The van der Waals surface area contributed by atoms with Crippen molar-refractivity contribution in [3.05, 3.63) is 101 Å². The second kappa shape index (κ2) is 13.3. The van der Waals surface area contributed by atoms with E-state index < -0.39 is 0 Å². The lowest BCUT2D eigenvalue weighted by atomic mass is 9.63.